The lowest BCUT2D eigenvalue weighted by molar-refractivity contribution is -0.136. The number of ether oxygens (including phenoxy) is 1. The van der Waals surface area contributed by atoms with Gasteiger partial charge >= 0.3 is 5.97 Å². The van der Waals surface area contributed by atoms with Gasteiger partial charge in [0.2, 0.25) is 0 Å². The van der Waals surface area contributed by atoms with Crippen LogP contribution in [0.5, 0.6) is 0 Å². The predicted molar refractivity (Wildman–Crippen MR) is 61.0 cm³/mol. The van der Waals surface area contributed by atoms with E-state index in [0.29, 0.717) is 6.61 Å². The molecule has 16 heavy (non-hydrogen) atoms. The molecule has 0 saturated carbocycles. The molecule has 2 aliphatic rings. The minimum absolute atomic E-state index is 0.0939. The second-order valence-corrected chi connectivity index (χ2v) is 4.45. The average Bonchev–Trinajstić information content (AvgIpc) is 2.73. The summed E-state index contributed by atoms with van der Waals surface area (Å²) >= 11 is 0. The Labute approximate surface area is 94.9 Å². The van der Waals surface area contributed by atoms with Gasteiger partial charge in [-0.3, -0.25) is 0 Å². The summed E-state index contributed by atoms with van der Waals surface area (Å²) in [5, 5.41) is 0. The van der Waals surface area contributed by atoms with Gasteiger partial charge in [-0.2, -0.15) is 0 Å². The van der Waals surface area contributed by atoms with Crippen LogP contribution in [0, 0.1) is 0 Å². The molecule has 2 nitrogen and oxygen atoms in total. The van der Waals surface area contributed by atoms with Crippen LogP contribution in [-0.2, 0) is 9.53 Å². The van der Waals surface area contributed by atoms with Crippen LogP contribution in [0.3, 0.4) is 0 Å². The van der Waals surface area contributed by atoms with E-state index in [-0.39, 0.29) is 11.9 Å². The number of esters is 1. The number of hydrogen-bond donors (Lipinski definition) is 0. The zero-order chi connectivity index (χ0) is 11.0. The first-order valence-electron chi connectivity index (χ1n) is 5.80. The summed E-state index contributed by atoms with van der Waals surface area (Å²) < 4.78 is 5.14. The van der Waals surface area contributed by atoms with Crippen LogP contribution in [0.25, 0.3) is 0 Å². The SMILES string of the molecule is O=C1OCC2=C1C(c1ccccc1)CCC2. The smallest absolute Gasteiger partial charge is 0.335 e. The lowest BCUT2D eigenvalue weighted by atomic mass is 9.80. The van der Waals surface area contributed by atoms with Gasteiger partial charge in [-0.15, -0.1) is 0 Å². The van der Waals surface area contributed by atoms with Gasteiger partial charge in [0.05, 0.1) is 0 Å². The van der Waals surface area contributed by atoms with Crippen LogP contribution in [0.2, 0.25) is 0 Å². The molecule has 3 rings (SSSR count). The molecule has 0 N–H and O–H groups in total. The highest BCUT2D eigenvalue weighted by Crippen LogP contribution is 2.40. The molecule has 0 radical (unpaired) electrons. The normalized spacial score (nSPS) is 24.2. The third-order valence-electron chi connectivity index (χ3n) is 3.50. The summed E-state index contributed by atoms with van der Waals surface area (Å²) in [6, 6.07) is 10.3. The van der Waals surface area contributed by atoms with Gasteiger partial charge < -0.3 is 4.74 Å². The Morgan fingerprint density at radius 3 is 2.81 bits per heavy atom. The summed E-state index contributed by atoms with van der Waals surface area (Å²) in [6.45, 7) is 0.525. The van der Waals surface area contributed by atoms with Crippen molar-refractivity contribution in [3.8, 4) is 0 Å². The molecule has 1 aromatic rings. The number of carbonyl (C=O) groups is 1. The molecule has 1 unspecified atom stereocenters. The van der Waals surface area contributed by atoms with E-state index in [2.05, 4.69) is 12.1 Å². The number of benzene rings is 1. The Morgan fingerprint density at radius 2 is 2.00 bits per heavy atom. The maximum Gasteiger partial charge on any atom is 0.335 e. The fraction of sp³-hybridized carbons (Fsp3) is 0.357. The van der Waals surface area contributed by atoms with Crippen molar-refractivity contribution in [1.82, 2.24) is 0 Å². The van der Waals surface area contributed by atoms with Crippen LogP contribution >= 0.6 is 0 Å². The quantitative estimate of drug-likeness (QED) is 0.672. The molecule has 0 aromatic heterocycles. The molecule has 0 saturated heterocycles. The van der Waals surface area contributed by atoms with E-state index in [1.807, 2.05) is 18.2 Å². The number of rotatable bonds is 1. The molecular weight excluding hydrogens is 200 g/mol. The van der Waals surface area contributed by atoms with Crippen molar-refractivity contribution < 1.29 is 9.53 Å². The van der Waals surface area contributed by atoms with Gasteiger partial charge in [-0.1, -0.05) is 30.3 Å². The van der Waals surface area contributed by atoms with Crippen molar-refractivity contribution in [1.29, 1.82) is 0 Å². The van der Waals surface area contributed by atoms with Crippen molar-refractivity contribution >= 4 is 5.97 Å². The van der Waals surface area contributed by atoms with E-state index in [1.54, 1.807) is 0 Å². The highest BCUT2D eigenvalue weighted by Gasteiger charge is 2.34. The van der Waals surface area contributed by atoms with Gasteiger partial charge in [-0.05, 0) is 30.4 Å². The predicted octanol–water partition coefficient (Wildman–Crippen LogP) is 2.81. The molecule has 0 spiro atoms. The van der Waals surface area contributed by atoms with E-state index < -0.39 is 0 Å². The minimum Gasteiger partial charge on any atom is -0.458 e. The first-order valence-corrected chi connectivity index (χ1v) is 5.80. The monoisotopic (exact) mass is 214 g/mol. The molecule has 0 amide bonds. The largest absolute Gasteiger partial charge is 0.458 e. The summed E-state index contributed by atoms with van der Waals surface area (Å²) in [5.41, 5.74) is 3.41. The first kappa shape index (κ1) is 9.64. The Bertz CT molecular complexity index is 445. The third-order valence-corrected chi connectivity index (χ3v) is 3.50. The van der Waals surface area contributed by atoms with Gasteiger partial charge in [0, 0.05) is 11.5 Å². The topological polar surface area (TPSA) is 26.3 Å². The zero-order valence-corrected chi connectivity index (χ0v) is 9.11. The van der Waals surface area contributed by atoms with Crippen molar-refractivity contribution in [3.63, 3.8) is 0 Å². The molecule has 1 aliphatic carbocycles. The first-order chi connectivity index (χ1) is 7.86. The van der Waals surface area contributed by atoms with Crippen LogP contribution in [0.1, 0.15) is 30.7 Å². The second-order valence-electron chi connectivity index (χ2n) is 4.45. The molecule has 0 fully saturated rings. The van der Waals surface area contributed by atoms with Gasteiger partial charge in [0.25, 0.3) is 0 Å². The van der Waals surface area contributed by atoms with E-state index in [4.69, 9.17) is 4.74 Å². The van der Waals surface area contributed by atoms with Crippen LogP contribution in [-0.4, -0.2) is 12.6 Å². The molecule has 1 atom stereocenters. The van der Waals surface area contributed by atoms with E-state index in [0.717, 1.165) is 24.8 Å². The Kier molecular flexibility index (Phi) is 2.28. The van der Waals surface area contributed by atoms with Crippen molar-refractivity contribution in [3.05, 3.63) is 47.0 Å². The Balaban J connectivity index is 2.02. The van der Waals surface area contributed by atoms with E-state index >= 15 is 0 Å². The molecule has 0 bridgehead atoms. The number of hydrogen-bond acceptors (Lipinski definition) is 2. The maximum atomic E-state index is 11.7. The average molecular weight is 214 g/mol. The molecular formula is C14H14O2. The lowest BCUT2D eigenvalue weighted by Gasteiger charge is -2.22. The summed E-state index contributed by atoms with van der Waals surface area (Å²) in [5.74, 6) is 0.170. The zero-order valence-electron chi connectivity index (χ0n) is 9.11. The highest BCUT2D eigenvalue weighted by atomic mass is 16.5. The van der Waals surface area contributed by atoms with E-state index in [1.165, 1.54) is 11.1 Å². The lowest BCUT2D eigenvalue weighted by Crippen LogP contribution is -2.13. The molecule has 82 valence electrons. The van der Waals surface area contributed by atoms with Crippen LogP contribution in [0.15, 0.2) is 41.5 Å². The number of cyclic esters (lactones) is 1. The highest BCUT2D eigenvalue weighted by molar-refractivity contribution is 5.93. The van der Waals surface area contributed by atoms with Gasteiger partial charge in [-0.25, -0.2) is 4.79 Å². The number of carbonyl (C=O) groups excluding carboxylic acids is 1. The molecule has 1 aliphatic heterocycles. The van der Waals surface area contributed by atoms with Crippen LogP contribution in [0.4, 0.5) is 0 Å². The van der Waals surface area contributed by atoms with Crippen molar-refractivity contribution in [2.45, 2.75) is 25.2 Å². The standard InChI is InChI=1S/C14H14O2/c15-14-13-11(9-16-14)7-4-8-12(13)10-5-2-1-3-6-10/h1-3,5-6,12H,4,7-9H2. The van der Waals surface area contributed by atoms with Crippen molar-refractivity contribution in [2.75, 3.05) is 6.61 Å². The summed E-state index contributed by atoms with van der Waals surface area (Å²) in [6.07, 6.45) is 3.26. The van der Waals surface area contributed by atoms with Gasteiger partial charge in [0.1, 0.15) is 6.61 Å². The Morgan fingerprint density at radius 1 is 1.19 bits per heavy atom. The second kappa shape index (κ2) is 3.78. The maximum absolute atomic E-state index is 11.7. The third kappa shape index (κ3) is 1.45. The molecule has 1 heterocycles. The van der Waals surface area contributed by atoms with Crippen molar-refractivity contribution in [2.24, 2.45) is 0 Å². The Hall–Kier alpha value is -1.57. The van der Waals surface area contributed by atoms with Gasteiger partial charge in [0.15, 0.2) is 0 Å². The van der Waals surface area contributed by atoms with Crippen LogP contribution < -0.4 is 0 Å². The fourth-order valence-electron chi connectivity index (χ4n) is 2.73. The van der Waals surface area contributed by atoms with E-state index in [9.17, 15) is 4.79 Å². The molecule has 2 heteroatoms. The molecule has 1 aromatic carbocycles. The summed E-state index contributed by atoms with van der Waals surface area (Å²) in [7, 11) is 0. The summed E-state index contributed by atoms with van der Waals surface area (Å²) in [4.78, 5) is 11.7. The fourth-order valence-corrected chi connectivity index (χ4v) is 2.73. The minimum atomic E-state index is -0.0939.